The second-order valence-corrected chi connectivity index (χ2v) is 11.9. The standard InChI is InChI=1S/C39H64O6/c1-4-5-6-7-19-24-29-36(40)30-25-20-15-10-8-9-11-16-21-26-31-38(42)44-33-37(41)34-45-39(43)32-27-22-17-13-12-14-18-23-28-35(2)3/h5-6,8-9,15-16,19-21,24-25,30,35-37,40-41H,4,7,10-14,17-18,22-23,26-29,31-34H2,1-3H3/b6-5-,9-8-,20-15-,21-16-,24-19-,30-25+/t36?,37-/m1/s1. The van der Waals surface area contributed by atoms with Crippen molar-refractivity contribution in [2.24, 2.45) is 5.92 Å². The molecule has 0 aromatic rings. The van der Waals surface area contributed by atoms with Crippen molar-refractivity contribution < 1.29 is 29.3 Å². The van der Waals surface area contributed by atoms with Crippen LogP contribution in [0.1, 0.15) is 130 Å². The summed E-state index contributed by atoms with van der Waals surface area (Å²) in [5, 5.41) is 19.9. The molecule has 0 radical (unpaired) electrons. The van der Waals surface area contributed by atoms with Crippen LogP contribution in [0.3, 0.4) is 0 Å². The van der Waals surface area contributed by atoms with Gasteiger partial charge in [-0.3, -0.25) is 9.59 Å². The number of allylic oxidation sites excluding steroid dienone is 10. The third-order valence-electron chi connectivity index (χ3n) is 6.98. The molecule has 0 amide bonds. The molecule has 0 bridgehead atoms. The Balaban J connectivity index is 3.71. The summed E-state index contributed by atoms with van der Waals surface area (Å²) in [5.41, 5.74) is 0. The van der Waals surface area contributed by atoms with Crippen molar-refractivity contribution in [2.45, 2.75) is 142 Å². The van der Waals surface area contributed by atoms with Crippen molar-refractivity contribution >= 4 is 11.9 Å². The predicted octanol–water partition coefficient (Wildman–Crippen LogP) is 9.44. The number of carbonyl (C=O) groups is 2. The second-order valence-electron chi connectivity index (χ2n) is 11.9. The molecule has 1 unspecified atom stereocenters. The fourth-order valence-electron chi connectivity index (χ4n) is 4.32. The first-order valence-corrected chi connectivity index (χ1v) is 17.5. The highest BCUT2D eigenvalue weighted by molar-refractivity contribution is 5.70. The van der Waals surface area contributed by atoms with Gasteiger partial charge in [-0.25, -0.2) is 0 Å². The van der Waals surface area contributed by atoms with Gasteiger partial charge in [-0.2, -0.15) is 0 Å². The minimum atomic E-state index is -1.01. The van der Waals surface area contributed by atoms with Gasteiger partial charge in [-0.1, -0.05) is 145 Å². The van der Waals surface area contributed by atoms with E-state index in [0.29, 0.717) is 19.3 Å². The fraction of sp³-hybridized carbons (Fsp3) is 0.641. The SMILES string of the molecule is CC/C=C\C/C=C\CC(O)/C=C/C=C\C/C=C\C/C=C\CCC(=O)OC[C@@H](O)COC(=O)CCCCCCCCCCC(C)C. The number of esters is 2. The Hall–Kier alpha value is -2.70. The van der Waals surface area contributed by atoms with Crippen molar-refractivity contribution in [1.82, 2.24) is 0 Å². The third-order valence-corrected chi connectivity index (χ3v) is 6.98. The molecule has 0 saturated carbocycles. The zero-order valence-corrected chi connectivity index (χ0v) is 28.6. The topological polar surface area (TPSA) is 93.1 Å². The lowest BCUT2D eigenvalue weighted by atomic mass is 10.0. The summed E-state index contributed by atoms with van der Waals surface area (Å²) in [7, 11) is 0. The fourth-order valence-corrected chi connectivity index (χ4v) is 4.32. The van der Waals surface area contributed by atoms with Crippen molar-refractivity contribution in [3.8, 4) is 0 Å². The van der Waals surface area contributed by atoms with Crippen LogP contribution in [0, 0.1) is 5.92 Å². The maximum absolute atomic E-state index is 11.9. The number of hydrogen-bond donors (Lipinski definition) is 2. The van der Waals surface area contributed by atoms with Crippen LogP contribution in [-0.2, 0) is 19.1 Å². The maximum Gasteiger partial charge on any atom is 0.306 e. The molecule has 2 atom stereocenters. The second kappa shape index (κ2) is 32.7. The van der Waals surface area contributed by atoms with Gasteiger partial charge in [0.15, 0.2) is 0 Å². The number of aliphatic hydroxyl groups excluding tert-OH is 2. The number of rotatable bonds is 29. The largest absolute Gasteiger partial charge is 0.463 e. The average molecular weight is 629 g/mol. The van der Waals surface area contributed by atoms with Crippen molar-refractivity contribution in [3.63, 3.8) is 0 Å². The Bertz CT molecular complexity index is 880. The Morgan fingerprint density at radius 1 is 0.622 bits per heavy atom. The van der Waals surface area contributed by atoms with Gasteiger partial charge in [0.25, 0.3) is 0 Å². The third kappa shape index (κ3) is 34.0. The summed E-state index contributed by atoms with van der Waals surface area (Å²) in [6.45, 7) is 6.32. The first kappa shape index (κ1) is 42.3. The number of carbonyl (C=O) groups excluding carboxylic acids is 2. The van der Waals surface area contributed by atoms with Crippen LogP contribution in [0.2, 0.25) is 0 Å². The van der Waals surface area contributed by atoms with E-state index < -0.39 is 12.2 Å². The molecule has 0 aliphatic heterocycles. The summed E-state index contributed by atoms with van der Waals surface area (Å²) >= 11 is 0. The van der Waals surface area contributed by atoms with Crippen LogP contribution >= 0.6 is 0 Å². The highest BCUT2D eigenvalue weighted by atomic mass is 16.6. The van der Waals surface area contributed by atoms with Gasteiger partial charge < -0.3 is 19.7 Å². The van der Waals surface area contributed by atoms with E-state index in [-0.39, 0.29) is 31.6 Å². The summed E-state index contributed by atoms with van der Waals surface area (Å²) in [6.07, 6.45) is 38.6. The van der Waals surface area contributed by atoms with E-state index in [0.717, 1.165) is 50.9 Å². The number of hydrogen-bond acceptors (Lipinski definition) is 6. The van der Waals surface area contributed by atoms with Crippen LogP contribution in [0.5, 0.6) is 0 Å². The van der Waals surface area contributed by atoms with Crippen LogP contribution < -0.4 is 0 Å². The Morgan fingerprint density at radius 2 is 1.16 bits per heavy atom. The smallest absolute Gasteiger partial charge is 0.306 e. The molecule has 0 aliphatic rings. The monoisotopic (exact) mass is 628 g/mol. The normalized spacial score (nSPS) is 13.9. The van der Waals surface area contributed by atoms with E-state index in [2.05, 4.69) is 51.2 Å². The van der Waals surface area contributed by atoms with Gasteiger partial charge in [0.1, 0.15) is 19.3 Å². The molecule has 0 aromatic heterocycles. The molecule has 6 nitrogen and oxygen atoms in total. The molecule has 0 saturated heterocycles. The molecule has 6 heteroatoms. The van der Waals surface area contributed by atoms with Crippen molar-refractivity contribution in [1.29, 1.82) is 0 Å². The molecule has 0 rings (SSSR count). The van der Waals surface area contributed by atoms with Gasteiger partial charge in [-0.15, -0.1) is 0 Å². The van der Waals surface area contributed by atoms with Gasteiger partial charge in [0.2, 0.25) is 0 Å². The zero-order valence-electron chi connectivity index (χ0n) is 28.6. The van der Waals surface area contributed by atoms with Gasteiger partial charge >= 0.3 is 11.9 Å². The summed E-state index contributed by atoms with van der Waals surface area (Å²) < 4.78 is 10.2. The Morgan fingerprint density at radius 3 is 1.80 bits per heavy atom. The summed E-state index contributed by atoms with van der Waals surface area (Å²) in [4.78, 5) is 23.8. The van der Waals surface area contributed by atoms with Gasteiger partial charge in [0, 0.05) is 12.8 Å². The first-order valence-electron chi connectivity index (χ1n) is 17.5. The van der Waals surface area contributed by atoms with Crippen LogP contribution in [-0.4, -0.2) is 47.6 Å². The molecule has 0 aliphatic carbocycles. The molecule has 45 heavy (non-hydrogen) atoms. The number of unbranched alkanes of at least 4 members (excludes halogenated alkanes) is 7. The maximum atomic E-state index is 11.9. The minimum Gasteiger partial charge on any atom is -0.463 e. The number of ether oxygens (including phenoxy) is 2. The Labute approximate surface area is 275 Å². The lowest BCUT2D eigenvalue weighted by molar-refractivity contribution is -0.152. The highest BCUT2D eigenvalue weighted by Crippen LogP contribution is 2.13. The number of aliphatic hydroxyl groups is 2. The quantitative estimate of drug-likeness (QED) is 0.0371. The molecule has 0 heterocycles. The first-order chi connectivity index (χ1) is 21.8. The van der Waals surface area contributed by atoms with Gasteiger partial charge in [-0.05, 0) is 50.9 Å². The van der Waals surface area contributed by atoms with Gasteiger partial charge in [0.05, 0.1) is 6.10 Å². The van der Waals surface area contributed by atoms with Crippen LogP contribution in [0.15, 0.2) is 72.9 Å². The molecular formula is C39H64O6. The Kier molecular flexibility index (Phi) is 30.7. The summed E-state index contributed by atoms with van der Waals surface area (Å²) in [5.74, 6) is 0.0980. The molecule has 0 spiro atoms. The van der Waals surface area contributed by atoms with Crippen LogP contribution in [0.25, 0.3) is 0 Å². The van der Waals surface area contributed by atoms with E-state index in [4.69, 9.17) is 9.47 Å². The lowest BCUT2D eigenvalue weighted by Gasteiger charge is -2.12. The average Bonchev–Trinajstić information content (AvgIpc) is 3.01. The molecule has 2 N–H and O–H groups in total. The van der Waals surface area contributed by atoms with E-state index in [1.165, 1.54) is 38.5 Å². The molecule has 256 valence electrons. The molecule has 0 fully saturated rings. The summed E-state index contributed by atoms with van der Waals surface area (Å²) in [6, 6.07) is 0. The molecule has 0 aromatic carbocycles. The minimum absolute atomic E-state index is 0.156. The van der Waals surface area contributed by atoms with Crippen molar-refractivity contribution in [3.05, 3.63) is 72.9 Å². The van der Waals surface area contributed by atoms with E-state index in [9.17, 15) is 19.8 Å². The highest BCUT2D eigenvalue weighted by Gasteiger charge is 2.11. The van der Waals surface area contributed by atoms with E-state index in [1.54, 1.807) is 6.08 Å². The predicted molar refractivity (Wildman–Crippen MR) is 188 cm³/mol. The lowest BCUT2D eigenvalue weighted by Crippen LogP contribution is -2.25. The van der Waals surface area contributed by atoms with Crippen molar-refractivity contribution in [2.75, 3.05) is 13.2 Å². The van der Waals surface area contributed by atoms with E-state index in [1.807, 2.05) is 36.5 Å². The van der Waals surface area contributed by atoms with E-state index >= 15 is 0 Å². The zero-order chi connectivity index (χ0) is 33.2. The van der Waals surface area contributed by atoms with Crippen LogP contribution in [0.4, 0.5) is 0 Å². The molecular weight excluding hydrogens is 564 g/mol.